The molecule has 0 aliphatic carbocycles. The van der Waals surface area contributed by atoms with Gasteiger partial charge in [0.2, 0.25) is 5.91 Å². The number of carbonyl (C=O) groups excluding carboxylic acids is 1. The minimum atomic E-state index is -0.898. The monoisotopic (exact) mass is 966 g/mol. The molecular formula is C66H111NO3. The van der Waals surface area contributed by atoms with Crippen molar-refractivity contribution >= 4 is 5.91 Å². The van der Waals surface area contributed by atoms with E-state index < -0.39 is 12.1 Å². The highest BCUT2D eigenvalue weighted by Gasteiger charge is 2.17. The second kappa shape index (κ2) is 59.8. The number of carbonyl (C=O) groups is 1. The molecule has 4 heteroatoms. The van der Waals surface area contributed by atoms with Crippen LogP contribution in [-0.4, -0.2) is 34.9 Å². The van der Waals surface area contributed by atoms with Gasteiger partial charge in [0, 0.05) is 6.42 Å². The topological polar surface area (TPSA) is 69.6 Å². The molecular weight excluding hydrogens is 855 g/mol. The maximum atomic E-state index is 12.5. The Hall–Kier alpha value is -3.47. The molecule has 3 N–H and O–H groups in total. The van der Waals surface area contributed by atoms with Gasteiger partial charge in [0.05, 0.1) is 18.8 Å². The van der Waals surface area contributed by atoms with Crippen LogP contribution in [0.1, 0.15) is 258 Å². The Morgan fingerprint density at radius 3 is 1.00 bits per heavy atom. The summed E-state index contributed by atoms with van der Waals surface area (Å²) in [5.74, 6) is -0.135. The fourth-order valence-electron chi connectivity index (χ4n) is 8.20. The van der Waals surface area contributed by atoms with Crippen LogP contribution in [-0.2, 0) is 4.79 Å². The summed E-state index contributed by atoms with van der Waals surface area (Å²) in [7, 11) is 0. The van der Waals surface area contributed by atoms with Crippen LogP contribution in [0, 0.1) is 0 Å². The summed E-state index contributed by atoms with van der Waals surface area (Å²) in [6.07, 6.45) is 93.4. The van der Waals surface area contributed by atoms with Gasteiger partial charge in [0.1, 0.15) is 0 Å². The third-order valence-corrected chi connectivity index (χ3v) is 12.6. The van der Waals surface area contributed by atoms with E-state index in [1.165, 1.54) is 148 Å². The molecule has 70 heavy (non-hydrogen) atoms. The molecule has 0 radical (unpaired) electrons. The number of unbranched alkanes of at least 4 members (excludes halogenated alkanes) is 25. The van der Waals surface area contributed by atoms with Gasteiger partial charge in [0.25, 0.3) is 0 Å². The summed E-state index contributed by atoms with van der Waals surface area (Å²) in [4.78, 5) is 12.5. The van der Waals surface area contributed by atoms with Crippen LogP contribution in [0.4, 0.5) is 0 Å². The predicted molar refractivity (Wildman–Crippen MR) is 312 cm³/mol. The highest BCUT2D eigenvalue weighted by molar-refractivity contribution is 5.76. The van der Waals surface area contributed by atoms with Crippen molar-refractivity contribution in [2.75, 3.05) is 6.61 Å². The molecule has 0 aromatic rings. The summed E-state index contributed by atoms with van der Waals surface area (Å²) < 4.78 is 0. The van der Waals surface area contributed by atoms with Crippen molar-refractivity contribution in [2.24, 2.45) is 0 Å². The van der Waals surface area contributed by atoms with E-state index in [4.69, 9.17) is 0 Å². The van der Waals surface area contributed by atoms with Crippen LogP contribution in [0.5, 0.6) is 0 Å². The highest BCUT2D eigenvalue weighted by atomic mass is 16.3. The Morgan fingerprint density at radius 1 is 0.357 bits per heavy atom. The minimum Gasteiger partial charge on any atom is -0.394 e. The number of amides is 1. The quantitative estimate of drug-likeness (QED) is 0.0420. The summed E-state index contributed by atoms with van der Waals surface area (Å²) in [6, 6.07) is -0.682. The smallest absolute Gasteiger partial charge is 0.220 e. The van der Waals surface area contributed by atoms with E-state index in [0.29, 0.717) is 6.42 Å². The SMILES string of the molecule is CC/C=C\C/C=C\C/C=C\C/C=C\C/C=C\C/C=C\C/C=C\C/C=C\C/C=C\CCCC(=O)NC(CO)C(O)/C=C/CC/C=C/CCCCCCCCCCCCCCCCCCCCCCCCC. The van der Waals surface area contributed by atoms with E-state index in [2.05, 4.69) is 141 Å². The van der Waals surface area contributed by atoms with Crippen molar-refractivity contribution in [1.29, 1.82) is 0 Å². The van der Waals surface area contributed by atoms with Gasteiger partial charge >= 0.3 is 0 Å². The molecule has 0 bridgehead atoms. The van der Waals surface area contributed by atoms with Gasteiger partial charge in [-0.05, 0) is 96.3 Å². The summed E-state index contributed by atoms with van der Waals surface area (Å²) in [6.45, 7) is 4.17. The van der Waals surface area contributed by atoms with Gasteiger partial charge in [-0.2, -0.15) is 0 Å². The molecule has 0 fully saturated rings. The van der Waals surface area contributed by atoms with E-state index in [-0.39, 0.29) is 12.5 Å². The van der Waals surface area contributed by atoms with E-state index in [9.17, 15) is 15.0 Å². The van der Waals surface area contributed by atoms with Gasteiger partial charge < -0.3 is 15.5 Å². The largest absolute Gasteiger partial charge is 0.394 e. The summed E-state index contributed by atoms with van der Waals surface area (Å²) in [5, 5.41) is 23.1. The van der Waals surface area contributed by atoms with E-state index in [0.717, 1.165) is 89.9 Å². The van der Waals surface area contributed by atoms with Crippen LogP contribution >= 0.6 is 0 Å². The predicted octanol–water partition coefficient (Wildman–Crippen LogP) is 19.8. The number of allylic oxidation sites excluding steroid dienone is 21. The zero-order valence-corrected chi connectivity index (χ0v) is 45.7. The van der Waals surface area contributed by atoms with Crippen LogP contribution in [0.25, 0.3) is 0 Å². The van der Waals surface area contributed by atoms with Crippen molar-refractivity contribution in [3.05, 3.63) is 134 Å². The first-order chi connectivity index (χ1) is 34.7. The van der Waals surface area contributed by atoms with E-state index in [1.807, 2.05) is 6.08 Å². The van der Waals surface area contributed by atoms with E-state index >= 15 is 0 Å². The highest BCUT2D eigenvalue weighted by Crippen LogP contribution is 2.16. The molecule has 0 aromatic heterocycles. The van der Waals surface area contributed by atoms with Crippen LogP contribution in [0.2, 0.25) is 0 Å². The molecule has 0 heterocycles. The van der Waals surface area contributed by atoms with Crippen LogP contribution < -0.4 is 5.32 Å². The van der Waals surface area contributed by atoms with Crippen molar-refractivity contribution in [3.8, 4) is 0 Å². The fraction of sp³-hybridized carbons (Fsp3) is 0.652. The number of hydrogen-bond donors (Lipinski definition) is 3. The number of aliphatic hydroxyl groups excluding tert-OH is 2. The zero-order chi connectivity index (χ0) is 50.6. The Kier molecular flexibility index (Phi) is 56.9. The second-order valence-corrected chi connectivity index (χ2v) is 19.3. The first-order valence-electron chi connectivity index (χ1n) is 29.4. The molecule has 0 saturated heterocycles. The zero-order valence-electron chi connectivity index (χ0n) is 45.7. The van der Waals surface area contributed by atoms with Crippen molar-refractivity contribution in [2.45, 2.75) is 270 Å². The third-order valence-electron chi connectivity index (χ3n) is 12.6. The van der Waals surface area contributed by atoms with Gasteiger partial charge in [-0.1, -0.05) is 289 Å². The third kappa shape index (κ3) is 55.5. The van der Waals surface area contributed by atoms with Gasteiger partial charge in [-0.15, -0.1) is 0 Å². The van der Waals surface area contributed by atoms with E-state index in [1.54, 1.807) is 6.08 Å². The lowest BCUT2D eigenvalue weighted by atomic mass is 10.0. The average Bonchev–Trinajstić information content (AvgIpc) is 3.36. The normalized spacial score (nSPS) is 13.8. The molecule has 0 spiro atoms. The minimum absolute atomic E-state index is 0.135. The first kappa shape index (κ1) is 66.5. The molecule has 0 aromatic carbocycles. The molecule has 398 valence electrons. The maximum absolute atomic E-state index is 12.5. The van der Waals surface area contributed by atoms with Crippen LogP contribution in [0.3, 0.4) is 0 Å². The maximum Gasteiger partial charge on any atom is 0.220 e. The average molecular weight is 967 g/mol. The molecule has 0 saturated carbocycles. The molecule has 2 unspecified atom stereocenters. The van der Waals surface area contributed by atoms with Crippen molar-refractivity contribution in [1.82, 2.24) is 5.32 Å². The molecule has 0 aliphatic rings. The number of hydrogen-bond acceptors (Lipinski definition) is 3. The molecule has 0 aliphatic heterocycles. The second-order valence-electron chi connectivity index (χ2n) is 19.3. The van der Waals surface area contributed by atoms with Gasteiger partial charge in [-0.25, -0.2) is 0 Å². The van der Waals surface area contributed by atoms with Gasteiger partial charge in [0.15, 0.2) is 0 Å². The lowest BCUT2D eigenvalue weighted by molar-refractivity contribution is -0.122. The lowest BCUT2D eigenvalue weighted by Gasteiger charge is -2.19. The summed E-state index contributed by atoms with van der Waals surface area (Å²) >= 11 is 0. The molecule has 0 rings (SSSR count). The van der Waals surface area contributed by atoms with Gasteiger partial charge in [-0.3, -0.25) is 4.79 Å². The molecule has 4 nitrogen and oxygen atoms in total. The van der Waals surface area contributed by atoms with Crippen molar-refractivity contribution in [3.63, 3.8) is 0 Å². The number of nitrogens with one attached hydrogen (secondary N) is 1. The standard InChI is InChI=1S/C66H111NO3/c1-3-5-7-9-11-13-15-17-19-21-23-25-27-29-31-33-35-37-39-41-43-45-47-49-51-53-55-57-59-61-65(69)64(63-68)67-66(70)62-60-58-56-54-52-50-48-46-44-42-40-38-36-34-32-30-28-26-24-22-20-18-16-14-12-10-8-6-4-2/h6,8,12,14,18,20,24,26,30,32,36,38,42,44,48,50-51,53-54,56,59,61,64-65,68-69H,3-5,7,9-11,13,15-17,19,21-23,25,27-29,31,33-35,37,39-41,43,45-47,49,52,55,57-58,60,62-63H2,1-2H3,(H,67,70)/b8-6-,14-12-,20-18-,26-24-,32-30-,38-36-,44-42-,50-48-,53-51+,56-54-,61-59+. The summed E-state index contributed by atoms with van der Waals surface area (Å²) in [5.41, 5.74) is 0. The van der Waals surface area contributed by atoms with Crippen LogP contribution in [0.15, 0.2) is 134 Å². The lowest BCUT2D eigenvalue weighted by Crippen LogP contribution is -2.45. The molecule has 1 amide bonds. The van der Waals surface area contributed by atoms with Crippen molar-refractivity contribution < 1.29 is 15.0 Å². The Balaban J connectivity index is 3.69. The Bertz CT molecular complexity index is 1420. The first-order valence-corrected chi connectivity index (χ1v) is 29.4. The Morgan fingerprint density at radius 2 is 0.643 bits per heavy atom. The Labute approximate surface area is 434 Å². The molecule has 2 atom stereocenters. The number of aliphatic hydroxyl groups is 2. The fourth-order valence-corrected chi connectivity index (χ4v) is 8.20. The number of rotatable bonds is 52.